The third kappa shape index (κ3) is 6.67. The number of hydrogen-bond acceptors (Lipinski definition) is 7. The number of amides is 1. The van der Waals surface area contributed by atoms with Crippen molar-refractivity contribution in [2.24, 2.45) is 0 Å². The molecule has 3 rings (SSSR count). The molecule has 8 nitrogen and oxygen atoms in total. The first kappa shape index (κ1) is 25.0. The lowest BCUT2D eigenvalue weighted by molar-refractivity contribution is -0.111. The fourth-order valence-corrected chi connectivity index (χ4v) is 3.37. The molecule has 2 aromatic carbocycles. The van der Waals surface area contributed by atoms with Gasteiger partial charge in [0.1, 0.15) is 0 Å². The summed E-state index contributed by atoms with van der Waals surface area (Å²) in [5.41, 5.74) is 1.89. The number of nitrogens with one attached hydrogen (secondary N) is 1. The standard InChI is InChI=1S/C24H26F2N2O6/c1-3-33-21-14-16(4-8-20(21)34-24(25)26)5-9-22(29)27-19-7-6-17(15-18(19)23(30)31-2)28-10-12-32-13-11-28/h4-9,14-15,24H,3,10-13H2,1-2H3,(H,27,29)/b9-5+. The van der Waals surface area contributed by atoms with E-state index in [4.69, 9.17) is 14.2 Å². The molecule has 1 aliphatic heterocycles. The van der Waals surface area contributed by atoms with Crippen LogP contribution < -0.4 is 19.7 Å². The Kier molecular flexibility index (Phi) is 8.80. The van der Waals surface area contributed by atoms with Crippen molar-refractivity contribution >= 4 is 29.3 Å². The lowest BCUT2D eigenvalue weighted by Gasteiger charge is -2.29. The van der Waals surface area contributed by atoms with Gasteiger partial charge in [-0.25, -0.2) is 4.79 Å². The van der Waals surface area contributed by atoms with Gasteiger partial charge in [-0.15, -0.1) is 0 Å². The van der Waals surface area contributed by atoms with Crippen LogP contribution in [0, 0.1) is 0 Å². The van der Waals surface area contributed by atoms with E-state index in [9.17, 15) is 18.4 Å². The van der Waals surface area contributed by atoms with E-state index in [1.165, 1.54) is 37.5 Å². The third-order valence-corrected chi connectivity index (χ3v) is 4.95. The Bertz CT molecular complexity index is 1040. The summed E-state index contributed by atoms with van der Waals surface area (Å²) in [7, 11) is 1.27. The highest BCUT2D eigenvalue weighted by atomic mass is 19.3. The van der Waals surface area contributed by atoms with Crippen LogP contribution in [-0.2, 0) is 14.3 Å². The van der Waals surface area contributed by atoms with E-state index in [0.29, 0.717) is 37.6 Å². The second-order valence-corrected chi connectivity index (χ2v) is 7.16. The van der Waals surface area contributed by atoms with Gasteiger partial charge in [-0.2, -0.15) is 8.78 Å². The van der Waals surface area contributed by atoms with Crippen LogP contribution in [0.15, 0.2) is 42.5 Å². The number of nitrogens with zero attached hydrogens (tertiary/aromatic N) is 1. The van der Waals surface area contributed by atoms with E-state index in [1.54, 1.807) is 19.1 Å². The van der Waals surface area contributed by atoms with Gasteiger partial charge < -0.3 is 29.2 Å². The van der Waals surface area contributed by atoms with Crippen molar-refractivity contribution in [2.75, 3.05) is 50.2 Å². The van der Waals surface area contributed by atoms with Crippen LogP contribution in [0.3, 0.4) is 0 Å². The van der Waals surface area contributed by atoms with Crippen molar-refractivity contribution < 1.29 is 37.3 Å². The van der Waals surface area contributed by atoms with Crippen molar-refractivity contribution in [3.8, 4) is 11.5 Å². The number of esters is 1. The van der Waals surface area contributed by atoms with E-state index >= 15 is 0 Å². The highest BCUT2D eigenvalue weighted by Gasteiger charge is 2.18. The lowest BCUT2D eigenvalue weighted by Crippen LogP contribution is -2.36. The fourth-order valence-electron chi connectivity index (χ4n) is 3.37. The van der Waals surface area contributed by atoms with Crippen LogP contribution in [0.2, 0.25) is 0 Å². The molecule has 1 N–H and O–H groups in total. The molecule has 1 fully saturated rings. The Morgan fingerprint density at radius 2 is 1.91 bits per heavy atom. The highest BCUT2D eigenvalue weighted by molar-refractivity contribution is 6.06. The van der Waals surface area contributed by atoms with Crippen LogP contribution in [0.25, 0.3) is 6.08 Å². The number of carbonyl (C=O) groups excluding carboxylic acids is 2. The second-order valence-electron chi connectivity index (χ2n) is 7.16. The quantitative estimate of drug-likeness (QED) is 0.433. The molecule has 0 aromatic heterocycles. The summed E-state index contributed by atoms with van der Waals surface area (Å²) < 4.78 is 45.1. The van der Waals surface area contributed by atoms with Gasteiger partial charge in [0.25, 0.3) is 0 Å². The third-order valence-electron chi connectivity index (χ3n) is 4.95. The first-order valence-corrected chi connectivity index (χ1v) is 10.7. The van der Waals surface area contributed by atoms with Crippen LogP contribution in [-0.4, -0.2) is 58.5 Å². The molecule has 34 heavy (non-hydrogen) atoms. The highest BCUT2D eigenvalue weighted by Crippen LogP contribution is 2.30. The SMILES string of the molecule is CCOc1cc(/C=C/C(=O)Nc2ccc(N3CCOCC3)cc2C(=O)OC)ccc1OC(F)F. The van der Waals surface area contributed by atoms with E-state index < -0.39 is 18.5 Å². The summed E-state index contributed by atoms with van der Waals surface area (Å²) in [4.78, 5) is 26.9. The summed E-state index contributed by atoms with van der Waals surface area (Å²) in [6.07, 6.45) is 2.75. The molecule has 2 aromatic rings. The number of anilines is 2. The smallest absolute Gasteiger partial charge is 0.387 e. The molecule has 10 heteroatoms. The summed E-state index contributed by atoms with van der Waals surface area (Å²) in [5, 5.41) is 2.68. The molecule has 1 amide bonds. The average molecular weight is 476 g/mol. The summed E-state index contributed by atoms with van der Waals surface area (Å²) in [6, 6.07) is 9.48. The number of halogens is 2. The maximum absolute atomic E-state index is 12.6. The number of ether oxygens (including phenoxy) is 4. The largest absolute Gasteiger partial charge is 0.490 e. The topological polar surface area (TPSA) is 86.3 Å². The van der Waals surface area contributed by atoms with Gasteiger partial charge in [-0.3, -0.25) is 4.79 Å². The zero-order valence-electron chi connectivity index (χ0n) is 18.9. The Labute approximate surface area is 196 Å². The van der Waals surface area contributed by atoms with Crippen LogP contribution in [0.1, 0.15) is 22.8 Å². The normalized spacial score (nSPS) is 13.7. The van der Waals surface area contributed by atoms with Gasteiger partial charge in [0.2, 0.25) is 5.91 Å². The number of benzene rings is 2. The van der Waals surface area contributed by atoms with Crippen molar-refractivity contribution in [3.05, 3.63) is 53.6 Å². The number of hydrogen-bond donors (Lipinski definition) is 1. The van der Waals surface area contributed by atoms with Crippen LogP contribution >= 0.6 is 0 Å². The predicted octanol–water partition coefficient (Wildman–Crippen LogP) is 3.96. The van der Waals surface area contributed by atoms with E-state index in [1.807, 2.05) is 6.07 Å². The molecular weight excluding hydrogens is 450 g/mol. The van der Waals surface area contributed by atoms with Gasteiger partial charge in [0, 0.05) is 24.9 Å². The molecule has 0 spiro atoms. The molecule has 0 aliphatic carbocycles. The number of methoxy groups -OCH3 is 1. The van der Waals surface area contributed by atoms with Crippen LogP contribution in [0.5, 0.6) is 11.5 Å². The lowest BCUT2D eigenvalue weighted by atomic mass is 10.1. The van der Waals surface area contributed by atoms with Gasteiger partial charge in [0.15, 0.2) is 11.5 Å². The molecule has 0 radical (unpaired) electrons. The van der Waals surface area contributed by atoms with Gasteiger partial charge in [0.05, 0.1) is 38.2 Å². The minimum absolute atomic E-state index is 0.0958. The molecule has 1 saturated heterocycles. The van der Waals surface area contributed by atoms with Gasteiger partial charge in [-0.1, -0.05) is 6.07 Å². The zero-order valence-corrected chi connectivity index (χ0v) is 18.9. The number of rotatable bonds is 9. The molecule has 0 saturated carbocycles. The molecule has 0 atom stereocenters. The molecular formula is C24H26F2N2O6. The van der Waals surface area contributed by atoms with E-state index in [-0.39, 0.29) is 23.7 Å². The molecule has 0 unspecified atom stereocenters. The van der Waals surface area contributed by atoms with Gasteiger partial charge in [-0.05, 0) is 48.9 Å². The maximum atomic E-state index is 12.6. The summed E-state index contributed by atoms with van der Waals surface area (Å²) in [5.74, 6) is -1.03. The monoisotopic (exact) mass is 476 g/mol. The van der Waals surface area contributed by atoms with Crippen molar-refractivity contribution in [2.45, 2.75) is 13.5 Å². The minimum atomic E-state index is -2.98. The Morgan fingerprint density at radius 1 is 1.15 bits per heavy atom. The number of carbonyl (C=O) groups is 2. The number of morpholine rings is 1. The molecule has 182 valence electrons. The maximum Gasteiger partial charge on any atom is 0.387 e. The number of alkyl halides is 2. The first-order chi connectivity index (χ1) is 16.4. The van der Waals surface area contributed by atoms with E-state index in [0.717, 1.165) is 5.69 Å². The average Bonchev–Trinajstić information content (AvgIpc) is 2.84. The summed E-state index contributed by atoms with van der Waals surface area (Å²) in [6.45, 7) is 1.56. The Morgan fingerprint density at radius 3 is 2.59 bits per heavy atom. The Hall–Kier alpha value is -3.66. The summed E-state index contributed by atoms with van der Waals surface area (Å²) >= 11 is 0. The molecule has 0 bridgehead atoms. The Balaban J connectivity index is 1.75. The van der Waals surface area contributed by atoms with Crippen LogP contribution in [0.4, 0.5) is 20.2 Å². The molecule has 1 heterocycles. The van der Waals surface area contributed by atoms with Crippen molar-refractivity contribution in [3.63, 3.8) is 0 Å². The predicted molar refractivity (Wildman–Crippen MR) is 123 cm³/mol. The minimum Gasteiger partial charge on any atom is -0.490 e. The van der Waals surface area contributed by atoms with Gasteiger partial charge >= 0.3 is 12.6 Å². The van der Waals surface area contributed by atoms with Crippen molar-refractivity contribution in [1.29, 1.82) is 0 Å². The van der Waals surface area contributed by atoms with E-state index in [2.05, 4.69) is 15.0 Å². The fraction of sp³-hybridized carbons (Fsp3) is 0.333. The van der Waals surface area contributed by atoms with Crippen molar-refractivity contribution in [1.82, 2.24) is 0 Å². The zero-order chi connectivity index (χ0) is 24.5. The first-order valence-electron chi connectivity index (χ1n) is 10.7. The second kappa shape index (κ2) is 12.0. The molecule has 1 aliphatic rings.